The minimum atomic E-state index is -0.830. The summed E-state index contributed by atoms with van der Waals surface area (Å²) in [4.78, 5) is 15.5. The lowest BCUT2D eigenvalue weighted by atomic mass is 9.90. The number of carbonyl (C=O) groups is 1. The van der Waals surface area contributed by atoms with Gasteiger partial charge < -0.3 is 30.3 Å². The third-order valence-corrected chi connectivity index (χ3v) is 9.82. The molecule has 1 heterocycles. The van der Waals surface area contributed by atoms with Crippen LogP contribution in [0.1, 0.15) is 72.3 Å². The second kappa shape index (κ2) is 14.4. The molecule has 1 aliphatic heterocycles. The molecule has 0 aliphatic carbocycles. The number of nitrogens with zero attached hydrogens (tertiary/aromatic N) is 1. The normalized spacial score (nSPS) is 14.0. The summed E-state index contributed by atoms with van der Waals surface area (Å²) in [6, 6.07) is 21.0. The highest BCUT2D eigenvalue weighted by atomic mass is 16.5. The molecule has 264 valence electrons. The number of methoxy groups -OCH3 is 1. The molecule has 8 heteroatoms. The van der Waals surface area contributed by atoms with Crippen molar-refractivity contribution in [3.8, 4) is 28.7 Å². The number of esters is 1. The maximum atomic E-state index is 13.6. The molecule has 8 nitrogen and oxygen atoms in total. The summed E-state index contributed by atoms with van der Waals surface area (Å²) in [6.45, 7) is 8.06. The molecule has 8 bridgehead atoms. The van der Waals surface area contributed by atoms with Crippen LogP contribution in [0.15, 0.2) is 72.8 Å². The molecule has 0 spiro atoms. The van der Waals surface area contributed by atoms with Crippen LogP contribution < -0.4 is 0 Å². The van der Waals surface area contributed by atoms with Gasteiger partial charge in [0.1, 0.15) is 34.8 Å². The molecule has 0 aromatic heterocycles. The minimum absolute atomic E-state index is 0.0533. The molecular weight excluding hydrogens is 642 g/mol. The van der Waals surface area contributed by atoms with Gasteiger partial charge in [0.2, 0.25) is 0 Å². The van der Waals surface area contributed by atoms with Crippen molar-refractivity contribution in [2.45, 2.75) is 72.5 Å². The largest absolute Gasteiger partial charge is 0.508 e. The summed E-state index contributed by atoms with van der Waals surface area (Å²) in [7, 11) is 1.34. The van der Waals surface area contributed by atoms with E-state index in [4.69, 9.17) is 4.74 Å². The van der Waals surface area contributed by atoms with Gasteiger partial charge in [-0.05, 0) is 85.2 Å². The Morgan fingerprint density at radius 1 is 0.569 bits per heavy atom. The fourth-order valence-electron chi connectivity index (χ4n) is 7.47. The van der Waals surface area contributed by atoms with Crippen molar-refractivity contribution in [1.82, 2.24) is 4.90 Å². The summed E-state index contributed by atoms with van der Waals surface area (Å²) >= 11 is 0. The van der Waals surface area contributed by atoms with Gasteiger partial charge in [0, 0.05) is 43.5 Å². The molecule has 0 unspecified atom stereocenters. The molecule has 5 N–H and O–H groups in total. The zero-order valence-electron chi connectivity index (χ0n) is 29.7. The van der Waals surface area contributed by atoms with Crippen LogP contribution in [0.2, 0.25) is 0 Å². The molecule has 51 heavy (non-hydrogen) atoms. The molecule has 5 aromatic carbocycles. The van der Waals surface area contributed by atoms with E-state index in [-0.39, 0.29) is 61.1 Å². The molecule has 1 atom stereocenters. The van der Waals surface area contributed by atoms with E-state index in [0.29, 0.717) is 50.9 Å². The minimum Gasteiger partial charge on any atom is -0.508 e. The molecule has 0 saturated carbocycles. The summed E-state index contributed by atoms with van der Waals surface area (Å²) in [6.07, 6.45) is 1.04. The van der Waals surface area contributed by atoms with Crippen LogP contribution in [0.5, 0.6) is 28.7 Å². The van der Waals surface area contributed by atoms with Crippen LogP contribution in [-0.2, 0) is 48.3 Å². The lowest BCUT2D eigenvalue weighted by Gasteiger charge is -2.31. The number of fused-ring (bicyclic) bond motifs is 8. The number of phenolic OH excluding ortho intramolecular Hbond substituents is 5. The number of aromatic hydroxyl groups is 5. The average Bonchev–Trinajstić information content (AvgIpc) is 3.08. The Kier molecular flexibility index (Phi) is 9.99. The van der Waals surface area contributed by atoms with E-state index in [1.54, 1.807) is 24.3 Å². The standard InChI is InChI=1S/C43H45NO7/c1-24-10-29-19-30-11-25(2)13-32(40(30)47)21-34-15-27(4)17-36(42(34)49)23-44(38(43(50)51-5)18-28-6-8-37(45)9-7-28)22-35-16-26(3)14-33(41(35)48)20-31(12-24)39(29)46/h6-17,38,45-49H,18-23H2,1-5H3/t38-/m1/s1. The Labute approximate surface area is 298 Å². The average molecular weight is 688 g/mol. The number of carbonyl (C=O) groups excluding carboxylic acids is 1. The molecule has 0 saturated heterocycles. The van der Waals surface area contributed by atoms with E-state index < -0.39 is 12.0 Å². The Balaban J connectivity index is 1.57. The lowest BCUT2D eigenvalue weighted by Crippen LogP contribution is -2.42. The van der Waals surface area contributed by atoms with Gasteiger partial charge in [-0.2, -0.15) is 0 Å². The number of phenols is 5. The number of aryl methyl sites for hydroxylation is 4. The van der Waals surface area contributed by atoms with Crippen LogP contribution in [0, 0.1) is 27.7 Å². The van der Waals surface area contributed by atoms with E-state index in [1.807, 2.05) is 81.1 Å². The van der Waals surface area contributed by atoms with Crippen molar-refractivity contribution in [2.75, 3.05) is 7.11 Å². The topological polar surface area (TPSA) is 131 Å². The predicted molar refractivity (Wildman–Crippen MR) is 197 cm³/mol. The van der Waals surface area contributed by atoms with Gasteiger partial charge in [0.05, 0.1) is 7.11 Å². The van der Waals surface area contributed by atoms with Crippen molar-refractivity contribution in [2.24, 2.45) is 0 Å². The summed E-state index contributed by atoms with van der Waals surface area (Å²) < 4.78 is 5.33. The first-order valence-corrected chi connectivity index (χ1v) is 17.1. The maximum Gasteiger partial charge on any atom is 0.323 e. The van der Waals surface area contributed by atoms with Gasteiger partial charge in [-0.1, -0.05) is 82.9 Å². The van der Waals surface area contributed by atoms with E-state index in [1.165, 1.54) is 7.11 Å². The lowest BCUT2D eigenvalue weighted by molar-refractivity contribution is -0.147. The van der Waals surface area contributed by atoms with E-state index in [9.17, 15) is 30.3 Å². The highest BCUT2D eigenvalue weighted by Crippen LogP contribution is 2.38. The van der Waals surface area contributed by atoms with Crippen LogP contribution in [-0.4, -0.2) is 49.6 Å². The number of hydrogen-bond donors (Lipinski definition) is 5. The second-order valence-corrected chi connectivity index (χ2v) is 14.1. The molecule has 0 radical (unpaired) electrons. The molecule has 0 amide bonds. The van der Waals surface area contributed by atoms with Gasteiger partial charge in [0.25, 0.3) is 0 Å². The molecule has 0 fully saturated rings. The zero-order chi connectivity index (χ0) is 36.6. The Bertz CT molecular complexity index is 2000. The fourth-order valence-corrected chi connectivity index (χ4v) is 7.47. The Morgan fingerprint density at radius 2 is 0.882 bits per heavy atom. The highest BCUT2D eigenvalue weighted by Gasteiger charge is 2.30. The number of rotatable bonds is 4. The van der Waals surface area contributed by atoms with Gasteiger partial charge >= 0.3 is 5.97 Å². The van der Waals surface area contributed by atoms with Crippen LogP contribution in [0.25, 0.3) is 0 Å². The zero-order valence-corrected chi connectivity index (χ0v) is 29.7. The van der Waals surface area contributed by atoms with E-state index >= 15 is 0 Å². The summed E-state index contributed by atoms with van der Waals surface area (Å²) in [5, 5.41) is 56.8. The first-order chi connectivity index (χ1) is 24.3. The van der Waals surface area contributed by atoms with E-state index in [0.717, 1.165) is 27.8 Å². The smallest absolute Gasteiger partial charge is 0.323 e. The van der Waals surface area contributed by atoms with Crippen LogP contribution >= 0.6 is 0 Å². The van der Waals surface area contributed by atoms with Crippen molar-refractivity contribution in [1.29, 1.82) is 0 Å². The number of ether oxygens (including phenoxy) is 1. The molecule has 6 rings (SSSR count). The number of benzene rings is 5. The van der Waals surface area contributed by atoms with Crippen LogP contribution in [0.3, 0.4) is 0 Å². The first kappa shape index (κ1) is 35.4. The van der Waals surface area contributed by atoms with E-state index in [2.05, 4.69) is 0 Å². The summed E-state index contributed by atoms with van der Waals surface area (Å²) in [5.41, 5.74) is 9.48. The fraction of sp³-hybridized carbons (Fsp3) is 0.279. The highest BCUT2D eigenvalue weighted by molar-refractivity contribution is 5.76. The molecule has 1 aliphatic rings. The monoisotopic (exact) mass is 687 g/mol. The third-order valence-electron chi connectivity index (χ3n) is 9.82. The Morgan fingerprint density at radius 3 is 1.22 bits per heavy atom. The van der Waals surface area contributed by atoms with Crippen molar-refractivity contribution >= 4 is 5.97 Å². The molecular formula is C43H45NO7. The van der Waals surface area contributed by atoms with Crippen LogP contribution in [0.4, 0.5) is 0 Å². The SMILES string of the molecule is COC(=O)[C@@H](Cc1ccc(O)cc1)N1Cc2cc(C)cc(c2O)Cc2cc(C)cc(c2O)Cc2cc(C)cc(c2O)Cc2cc(C)cc(c2O)C1. The predicted octanol–water partition coefficient (Wildman–Crippen LogP) is 7.32. The van der Waals surface area contributed by atoms with Gasteiger partial charge in [-0.25, -0.2) is 0 Å². The Hall–Kier alpha value is -5.47. The quantitative estimate of drug-likeness (QED) is 0.124. The summed E-state index contributed by atoms with van der Waals surface area (Å²) in [5.74, 6) is -0.0601. The van der Waals surface area contributed by atoms with Gasteiger partial charge in [-0.15, -0.1) is 0 Å². The second-order valence-electron chi connectivity index (χ2n) is 14.1. The maximum absolute atomic E-state index is 13.6. The first-order valence-electron chi connectivity index (χ1n) is 17.1. The third kappa shape index (κ3) is 7.66. The van der Waals surface area contributed by atoms with Gasteiger partial charge in [0.15, 0.2) is 0 Å². The van der Waals surface area contributed by atoms with Crippen molar-refractivity contribution in [3.05, 3.63) is 145 Å². The number of hydrogen-bond acceptors (Lipinski definition) is 8. The van der Waals surface area contributed by atoms with Crippen molar-refractivity contribution < 1.29 is 35.1 Å². The van der Waals surface area contributed by atoms with Crippen molar-refractivity contribution in [3.63, 3.8) is 0 Å². The van der Waals surface area contributed by atoms with Gasteiger partial charge in [-0.3, -0.25) is 9.69 Å². The molecule has 5 aromatic rings.